The lowest BCUT2D eigenvalue weighted by Gasteiger charge is -2.25. The van der Waals surface area contributed by atoms with Crippen LogP contribution in [0.4, 0.5) is 9.80 Å². The average Bonchev–Trinajstić information content (AvgIpc) is 3.27. The lowest BCUT2D eigenvalue weighted by molar-refractivity contribution is -0.134. The summed E-state index contributed by atoms with van der Waals surface area (Å²) in [5.74, 6) is -1.24. The quantitative estimate of drug-likeness (QED) is 0.409. The van der Waals surface area contributed by atoms with Gasteiger partial charge >= 0.3 is 12.0 Å². The Labute approximate surface area is 203 Å². The summed E-state index contributed by atoms with van der Waals surface area (Å²) in [5, 5.41) is 7.67. The molecule has 1 aliphatic heterocycles. The third-order valence-corrected chi connectivity index (χ3v) is 6.72. The normalized spacial score (nSPS) is 17.8. The van der Waals surface area contributed by atoms with Crippen molar-refractivity contribution < 1.29 is 23.9 Å². The van der Waals surface area contributed by atoms with Crippen LogP contribution in [0.15, 0.2) is 29.6 Å². The predicted octanol–water partition coefficient (Wildman–Crippen LogP) is 4.23. The summed E-state index contributed by atoms with van der Waals surface area (Å²) in [7, 11) is 0. The number of urea groups is 1. The smallest absolute Gasteiger partial charge is 0.341 e. The molecule has 0 spiro atoms. The molecular formula is C25H31N3O5S. The molecular weight excluding hydrogens is 454 g/mol. The first-order valence-electron chi connectivity index (χ1n) is 11.4. The minimum Gasteiger partial charge on any atom is -0.462 e. The minimum absolute atomic E-state index is 0.212. The number of carbonyl (C=O) groups excluding carboxylic acids is 4. The van der Waals surface area contributed by atoms with Gasteiger partial charge < -0.3 is 15.4 Å². The van der Waals surface area contributed by atoms with E-state index in [4.69, 9.17) is 4.74 Å². The van der Waals surface area contributed by atoms with Gasteiger partial charge in [-0.1, -0.05) is 50.6 Å². The lowest BCUT2D eigenvalue weighted by atomic mass is 9.87. The molecule has 3 rings (SSSR count). The molecule has 9 heteroatoms. The molecule has 0 aliphatic carbocycles. The van der Waals surface area contributed by atoms with E-state index in [0.29, 0.717) is 34.9 Å². The number of esters is 1. The highest BCUT2D eigenvalue weighted by Crippen LogP contribution is 2.34. The van der Waals surface area contributed by atoms with Gasteiger partial charge in [0.2, 0.25) is 5.91 Å². The molecule has 1 atom stereocenters. The Balaban J connectivity index is 1.80. The Morgan fingerprint density at radius 3 is 2.44 bits per heavy atom. The first-order chi connectivity index (χ1) is 16.1. The van der Waals surface area contributed by atoms with Crippen molar-refractivity contribution in [2.75, 3.05) is 18.5 Å². The molecule has 1 fully saturated rings. The Hall–Kier alpha value is -3.20. The second-order valence-corrected chi connectivity index (χ2v) is 9.66. The number of hydrogen-bond acceptors (Lipinski definition) is 6. The first kappa shape index (κ1) is 25.4. The number of ether oxygens (including phenoxy) is 1. The minimum atomic E-state index is -1.21. The molecule has 8 nitrogen and oxygen atoms in total. The summed E-state index contributed by atoms with van der Waals surface area (Å²) in [6.45, 7) is 9.30. The van der Waals surface area contributed by atoms with Crippen molar-refractivity contribution >= 4 is 40.2 Å². The van der Waals surface area contributed by atoms with E-state index in [1.165, 1.54) is 11.3 Å². The van der Waals surface area contributed by atoms with Gasteiger partial charge in [0.25, 0.3) is 5.91 Å². The highest BCUT2D eigenvalue weighted by molar-refractivity contribution is 7.15. The van der Waals surface area contributed by atoms with Crippen LogP contribution in [0.3, 0.4) is 0 Å². The fourth-order valence-corrected chi connectivity index (χ4v) is 5.04. The molecule has 1 aromatic carbocycles. The molecule has 34 heavy (non-hydrogen) atoms. The summed E-state index contributed by atoms with van der Waals surface area (Å²) in [6, 6.07) is 6.76. The van der Waals surface area contributed by atoms with Gasteiger partial charge in [0.05, 0.1) is 12.2 Å². The van der Waals surface area contributed by atoms with Crippen LogP contribution in [0.5, 0.6) is 0 Å². The highest BCUT2D eigenvalue weighted by Gasteiger charge is 2.51. The third kappa shape index (κ3) is 4.99. The van der Waals surface area contributed by atoms with Crippen molar-refractivity contribution in [2.24, 2.45) is 5.92 Å². The maximum Gasteiger partial charge on any atom is 0.341 e. The van der Waals surface area contributed by atoms with Crippen LogP contribution in [-0.4, -0.2) is 41.9 Å². The van der Waals surface area contributed by atoms with E-state index in [2.05, 4.69) is 10.6 Å². The van der Waals surface area contributed by atoms with Gasteiger partial charge in [-0.15, -0.1) is 11.3 Å². The van der Waals surface area contributed by atoms with Crippen molar-refractivity contribution in [3.05, 3.63) is 51.9 Å². The van der Waals surface area contributed by atoms with Crippen LogP contribution in [0, 0.1) is 12.8 Å². The number of aryl methyl sites for hydroxylation is 1. The average molecular weight is 486 g/mol. The van der Waals surface area contributed by atoms with Crippen LogP contribution in [-0.2, 0) is 26.3 Å². The summed E-state index contributed by atoms with van der Waals surface area (Å²) in [4.78, 5) is 52.4. The number of nitrogens with one attached hydrogen (secondary N) is 2. The molecule has 182 valence electrons. The van der Waals surface area contributed by atoms with Gasteiger partial charge in [0, 0.05) is 0 Å². The SMILES string of the molecule is CCOC(=O)c1c(CC(C)C)csc1NC(=O)CN1C(=O)N[C@@](CC)(c2ccc(C)cc2)C1=O. The Kier molecular flexibility index (Phi) is 7.76. The molecule has 0 saturated carbocycles. The maximum absolute atomic E-state index is 13.3. The Morgan fingerprint density at radius 2 is 1.85 bits per heavy atom. The van der Waals surface area contributed by atoms with Gasteiger partial charge in [-0.3, -0.25) is 14.5 Å². The van der Waals surface area contributed by atoms with E-state index in [0.717, 1.165) is 16.0 Å². The number of rotatable bonds is 9. The molecule has 2 N–H and O–H groups in total. The monoisotopic (exact) mass is 485 g/mol. The van der Waals surface area contributed by atoms with Crippen LogP contribution in [0.1, 0.15) is 61.2 Å². The van der Waals surface area contributed by atoms with Crippen molar-refractivity contribution in [3.63, 3.8) is 0 Å². The number of nitrogens with zero attached hydrogens (tertiary/aromatic N) is 1. The van der Waals surface area contributed by atoms with Gasteiger partial charge in [0.15, 0.2) is 0 Å². The van der Waals surface area contributed by atoms with E-state index < -0.39 is 35.9 Å². The van der Waals surface area contributed by atoms with Crippen LogP contribution in [0.2, 0.25) is 0 Å². The molecule has 1 aromatic heterocycles. The fourth-order valence-electron chi connectivity index (χ4n) is 4.06. The largest absolute Gasteiger partial charge is 0.462 e. The molecule has 2 heterocycles. The molecule has 0 bridgehead atoms. The number of benzene rings is 1. The zero-order chi connectivity index (χ0) is 25.0. The van der Waals surface area contributed by atoms with E-state index in [1.807, 2.05) is 57.3 Å². The molecule has 1 saturated heterocycles. The second-order valence-electron chi connectivity index (χ2n) is 8.78. The first-order valence-corrected chi connectivity index (χ1v) is 12.3. The number of amides is 4. The van der Waals surface area contributed by atoms with Crippen molar-refractivity contribution in [3.8, 4) is 0 Å². The molecule has 4 amide bonds. The number of imide groups is 1. The summed E-state index contributed by atoms with van der Waals surface area (Å²) >= 11 is 1.23. The standard InChI is InChI=1S/C25H31N3O5S/c1-6-25(18-10-8-16(5)9-11-18)23(31)28(24(32)27-25)13-19(29)26-21-20(22(30)33-7-2)17(14-34-21)12-15(3)4/h8-11,14-15H,6-7,12-13H2,1-5H3,(H,26,29)(H,27,32)/t25-/m0/s1. The summed E-state index contributed by atoms with van der Waals surface area (Å²) in [5.41, 5.74) is 1.62. The molecule has 2 aromatic rings. The lowest BCUT2D eigenvalue weighted by Crippen LogP contribution is -2.44. The van der Waals surface area contributed by atoms with E-state index in [-0.39, 0.29) is 6.61 Å². The van der Waals surface area contributed by atoms with Crippen molar-refractivity contribution in [1.82, 2.24) is 10.2 Å². The van der Waals surface area contributed by atoms with Crippen molar-refractivity contribution in [2.45, 2.75) is 53.0 Å². The van der Waals surface area contributed by atoms with Gasteiger partial charge in [-0.2, -0.15) is 0 Å². The van der Waals surface area contributed by atoms with Gasteiger partial charge in [0.1, 0.15) is 17.1 Å². The zero-order valence-corrected chi connectivity index (χ0v) is 21.0. The maximum atomic E-state index is 13.3. The van der Waals surface area contributed by atoms with Crippen LogP contribution >= 0.6 is 11.3 Å². The van der Waals surface area contributed by atoms with Crippen molar-refractivity contribution in [1.29, 1.82) is 0 Å². The van der Waals surface area contributed by atoms with Crippen LogP contribution < -0.4 is 10.6 Å². The second kappa shape index (κ2) is 10.4. The molecule has 0 radical (unpaired) electrons. The number of anilines is 1. The number of carbonyl (C=O) groups is 4. The predicted molar refractivity (Wildman–Crippen MR) is 131 cm³/mol. The van der Waals surface area contributed by atoms with E-state index in [9.17, 15) is 19.2 Å². The zero-order valence-electron chi connectivity index (χ0n) is 20.2. The Morgan fingerprint density at radius 1 is 1.18 bits per heavy atom. The van der Waals surface area contributed by atoms with Gasteiger partial charge in [-0.05, 0) is 49.1 Å². The van der Waals surface area contributed by atoms with E-state index in [1.54, 1.807) is 6.92 Å². The topological polar surface area (TPSA) is 105 Å². The molecule has 0 unspecified atom stereocenters. The number of hydrogen-bond donors (Lipinski definition) is 2. The van der Waals surface area contributed by atoms with E-state index >= 15 is 0 Å². The Bertz CT molecular complexity index is 1090. The third-order valence-electron chi connectivity index (χ3n) is 5.78. The fraction of sp³-hybridized carbons (Fsp3) is 0.440. The summed E-state index contributed by atoms with van der Waals surface area (Å²) in [6.07, 6.45) is 0.998. The highest BCUT2D eigenvalue weighted by atomic mass is 32.1. The van der Waals surface area contributed by atoms with Gasteiger partial charge in [-0.25, -0.2) is 9.59 Å². The number of thiophene rings is 1. The summed E-state index contributed by atoms with van der Waals surface area (Å²) < 4.78 is 5.19. The van der Waals surface area contributed by atoms with Crippen LogP contribution in [0.25, 0.3) is 0 Å². The molecule has 1 aliphatic rings.